The number of hydrogen-bond acceptors (Lipinski definition) is 3. The van der Waals surface area contributed by atoms with Crippen LogP contribution in [0.25, 0.3) is 0 Å². The first-order valence-corrected chi connectivity index (χ1v) is 6.60. The molecule has 0 radical (unpaired) electrons. The van der Waals surface area contributed by atoms with E-state index < -0.39 is 0 Å². The molecule has 0 amide bonds. The van der Waals surface area contributed by atoms with Crippen molar-refractivity contribution in [2.75, 3.05) is 32.8 Å². The van der Waals surface area contributed by atoms with Gasteiger partial charge in [-0.15, -0.1) is 0 Å². The quantitative estimate of drug-likeness (QED) is 0.828. The Bertz CT molecular complexity index is 404. The highest BCUT2D eigenvalue weighted by atomic mass is 35.5. The van der Waals surface area contributed by atoms with E-state index in [9.17, 15) is 0 Å². The van der Waals surface area contributed by atoms with Gasteiger partial charge < -0.3 is 10.1 Å². The van der Waals surface area contributed by atoms with Crippen molar-refractivity contribution in [2.24, 2.45) is 0 Å². The van der Waals surface area contributed by atoms with E-state index in [-0.39, 0.29) is 0 Å². The molecular weight excluding hydrogens is 236 g/mol. The molecule has 1 unspecified atom stereocenters. The SMILES string of the molecule is Clc1cccc2c1OCCC2N1CCNCC1. The minimum absolute atomic E-state index is 0.472. The summed E-state index contributed by atoms with van der Waals surface area (Å²) in [6.07, 6.45) is 1.06. The van der Waals surface area contributed by atoms with Crippen LogP contribution < -0.4 is 10.1 Å². The molecule has 1 saturated heterocycles. The fourth-order valence-corrected chi connectivity index (χ4v) is 2.98. The van der Waals surface area contributed by atoms with Crippen LogP contribution >= 0.6 is 11.6 Å². The number of para-hydroxylation sites is 1. The summed E-state index contributed by atoms with van der Waals surface area (Å²) in [5, 5.41) is 4.13. The molecule has 92 valence electrons. The van der Waals surface area contributed by atoms with Crippen LogP contribution in [0.3, 0.4) is 0 Å². The molecule has 4 heteroatoms. The molecule has 2 aliphatic rings. The number of fused-ring (bicyclic) bond motifs is 1. The summed E-state index contributed by atoms with van der Waals surface area (Å²) < 4.78 is 5.70. The maximum Gasteiger partial charge on any atom is 0.142 e. The summed E-state index contributed by atoms with van der Waals surface area (Å²) in [7, 11) is 0. The van der Waals surface area contributed by atoms with Crippen LogP contribution in [-0.4, -0.2) is 37.7 Å². The second-order valence-corrected chi connectivity index (χ2v) is 5.00. The summed E-state index contributed by atoms with van der Waals surface area (Å²) in [5.41, 5.74) is 1.26. The predicted molar refractivity (Wildman–Crippen MR) is 68.7 cm³/mol. The molecule has 2 heterocycles. The standard InChI is InChI=1S/C13H17ClN2O/c14-11-3-1-2-10-12(4-9-17-13(10)11)16-7-5-15-6-8-16/h1-3,12,15H,4-9H2. The van der Waals surface area contributed by atoms with Crippen LogP contribution in [0.5, 0.6) is 5.75 Å². The van der Waals surface area contributed by atoms with E-state index in [1.165, 1.54) is 5.56 Å². The van der Waals surface area contributed by atoms with Crippen molar-refractivity contribution in [1.29, 1.82) is 0 Å². The van der Waals surface area contributed by atoms with E-state index in [0.29, 0.717) is 6.04 Å². The molecule has 1 aromatic carbocycles. The first-order chi connectivity index (χ1) is 8.36. The predicted octanol–water partition coefficient (Wildman–Crippen LogP) is 2.07. The average molecular weight is 253 g/mol. The molecule has 1 aromatic rings. The Morgan fingerprint density at radius 1 is 1.29 bits per heavy atom. The number of piperazine rings is 1. The molecule has 3 nitrogen and oxygen atoms in total. The summed E-state index contributed by atoms with van der Waals surface area (Å²) in [6, 6.07) is 6.54. The van der Waals surface area contributed by atoms with E-state index in [0.717, 1.165) is 50.0 Å². The fraction of sp³-hybridized carbons (Fsp3) is 0.538. The number of ether oxygens (including phenoxy) is 1. The van der Waals surface area contributed by atoms with Crippen LogP contribution in [0.1, 0.15) is 18.0 Å². The Morgan fingerprint density at radius 3 is 2.94 bits per heavy atom. The van der Waals surface area contributed by atoms with Gasteiger partial charge in [-0.25, -0.2) is 0 Å². The third-order valence-corrected chi connectivity index (χ3v) is 3.88. The highest BCUT2D eigenvalue weighted by molar-refractivity contribution is 6.32. The Hall–Kier alpha value is -0.770. The van der Waals surface area contributed by atoms with Crippen LogP contribution in [-0.2, 0) is 0 Å². The van der Waals surface area contributed by atoms with E-state index in [2.05, 4.69) is 16.3 Å². The maximum atomic E-state index is 6.19. The number of halogens is 1. The summed E-state index contributed by atoms with van der Waals surface area (Å²) in [5.74, 6) is 0.893. The number of nitrogens with one attached hydrogen (secondary N) is 1. The Kier molecular flexibility index (Phi) is 3.23. The van der Waals surface area contributed by atoms with Gasteiger partial charge in [-0.05, 0) is 6.07 Å². The topological polar surface area (TPSA) is 24.5 Å². The fourth-order valence-electron chi connectivity index (χ4n) is 2.74. The molecule has 3 rings (SSSR count). The van der Waals surface area contributed by atoms with Crippen molar-refractivity contribution in [2.45, 2.75) is 12.5 Å². The second-order valence-electron chi connectivity index (χ2n) is 4.60. The number of benzene rings is 1. The first-order valence-electron chi connectivity index (χ1n) is 6.22. The maximum absolute atomic E-state index is 6.19. The molecule has 2 aliphatic heterocycles. The van der Waals surface area contributed by atoms with Gasteiger partial charge >= 0.3 is 0 Å². The van der Waals surface area contributed by atoms with Crippen molar-refractivity contribution in [1.82, 2.24) is 10.2 Å². The van der Waals surface area contributed by atoms with Crippen LogP contribution in [0.2, 0.25) is 5.02 Å². The monoisotopic (exact) mass is 252 g/mol. The normalized spacial score (nSPS) is 25.1. The molecule has 1 N–H and O–H groups in total. The zero-order valence-electron chi connectivity index (χ0n) is 9.79. The van der Waals surface area contributed by atoms with Gasteiger partial charge in [0, 0.05) is 44.2 Å². The smallest absolute Gasteiger partial charge is 0.142 e. The lowest BCUT2D eigenvalue weighted by Gasteiger charge is -2.38. The van der Waals surface area contributed by atoms with E-state index in [1.807, 2.05) is 12.1 Å². The Morgan fingerprint density at radius 2 is 2.12 bits per heavy atom. The van der Waals surface area contributed by atoms with Gasteiger partial charge in [0.25, 0.3) is 0 Å². The van der Waals surface area contributed by atoms with Crippen molar-refractivity contribution >= 4 is 11.6 Å². The van der Waals surface area contributed by atoms with Crippen LogP contribution in [0, 0.1) is 0 Å². The van der Waals surface area contributed by atoms with Crippen molar-refractivity contribution in [3.63, 3.8) is 0 Å². The van der Waals surface area contributed by atoms with Gasteiger partial charge in [0.05, 0.1) is 11.6 Å². The zero-order chi connectivity index (χ0) is 11.7. The van der Waals surface area contributed by atoms with Gasteiger partial charge in [-0.3, -0.25) is 4.90 Å². The first kappa shape index (κ1) is 11.3. The molecular formula is C13H17ClN2O. The van der Waals surface area contributed by atoms with Crippen LogP contribution in [0.15, 0.2) is 18.2 Å². The van der Waals surface area contributed by atoms with Crippen molar-refractivity contribution in [3.05, 3.63) is 28.8 Å². The molecule has 0 aromatic heterocycles. The lowest BCUT2D eigenvalue weighted by atomic mass is 9.98. The minimum Gasteiger partial charge on any atom is -0.492 e. The molecule has 0 saturated carbocycles. The van der Waals surface area contributed by atoms with Gasteiger partial charge in [0.2, 0.25) is 0 Å². The van der Waals surface area contributed by atoms with Crippen LogP contribution in [0.4, 0.5) is 0 Å². The number of hydrogen-bond donors (Lipinski definition) is 1. The van der Waals surface area contributed by atoms with Gasteiger partial charge in [0.15, 0.2) is 0 Å². The number of nitrogens with zero attached hydrogens (tertiary/aromatic N) is 1. The van der Waals surface area contributed by atoms with Gasteiger partial charge in [0.1, 0.15) is 5.75 Å². The average Bonchev–Trinajstić information content (AvgIpc) is 2.40. The third-order valence-electron chi connectivity index (χ3n) is 3.59. The lowest BCUT2D eigenvalue weighted by molar-refractivity contribution is 0.126. The molecule has 1 atom stereocenters. The molecule has 17 heavy (non-hydrogen) atoms. The summed E-state index contributed by atoms with van der Waals surface area (Å²) in [6.45, 7) is 5.14. The number of rotatable bonds is 1. The van der Waals surface area contributed by atoms with Crippen molar-refractivity contribution in [3.8, 4) is 5.75 Å². The van der Waals surface area contributed by atoms with Gasteiger partial charge in [-0.1, -0.05) is 23.7 Å². The molecule has 0 spiro atoms. The minimum atomic E-state index is 0.472. The summed E-state index contributed by atoms with van der Waals surface area (Å²) >= 11 is 6.19. The lowest BCUT2D eigenvalue weighted by Crippen LogP contribution is -2.46. The highest BCUT2D eigenvalue weighted by Crippen LogP contribution is 2.40. The Balaban J connectivity index is 1.90. The zero-order valence-corrected chi connectivity index (χ0v) is 10.5. The molecule has 0 bridgehead atoms. The molecule has 1 fully saturated rings. The Labute approximate surface area is 107 Å². The molecule has 0 aliphatic carbocycles. The van der Waals surface area contributed by atoms with Gasteiger partial charge in [-0.2, -0.15) is 0 Å². The largest absolute Gasteiger partial charge is 0.492 e. The highest BCUT2D eigenvalue weighted by Gasteiger charge is 2.28. The van der Waals surface area contributed by atoms with Crippen molar-refractivity contribution < 1.29 is 4.74 Å². The van der Waals surface area contributed by atoms with E-state index in [4.69, 9.17) is 16.3 Å². The van der Waals surface area contributed by atoms with E-state index in [1.54, 1.807) is 0 Å². The van der Waals surface area contributed by atoms with E-state index >= 15 is 0 Å². The third kappa shape index (κ3) is 2.15. The summed E-state index contributed by atoms with van der Waals surface area (Å²) in [4.78, 5) is 2.54. The second kappa shape index (κ2) is 4.84.